The first-order valence-corrected chi connectivity index (χ1v) is 13.4. The number of rotatable bonds is 8. The highest BCUT2D eigenvalue weighted by molar-refractivity contribution is 5.93. The first kappa shape index (κ1) is 29.7. The summed E-state index contributed by atoms with van der Waals surface area (Å²) in [5.41, 5.74) is -2.14. The molecule has 17 heteroatoms. The Kier molecular flexibility index (Phi) is 7.43. The van der Waals surface area contributed by atoms with Gasteiger partial charge in [0.05, 0.1) is 47.3 Å². The molecule has 228 valence electrons. The van der Waals surface area contributed by atoms with E-state index in [2.05, 4.69) is 40.6 Å². The molecule has 5 rings (SSSR count). The lowest BCUT2D eigenvalue weighted by molar-refractivity contribution is -0.148. The van der Waals surface area contributed by atoms with Crippen molar-refractivity contribution in [3.63, 3.8) is 0 Å². The van der Waals surface area contributed by atoms with Gasteiger partial charge in [-0.2, -0.15) is 18.3 Å². The molecule has 0 bridgehead atoms. The van der Waals surface area contributed by atoms with E-state index in [1.54, 1.807) is 0 Å². The van der Waals surface area contributed by atoms with E-state index in [1.807, 2.05) is 0 Å². The molecule has 3 aromatic rings. The Labute approximate surface area is 235 Å². The molecule has 2 aliphatic carbocycles. The third kappa shape index (κ3) is 6.05. The highest BCUT2D eigenvalue weighted by Gasteiger charge is 2.58. The van der Waals surface area contributed by atoms with E-state index in [0.717, 1.165) is 0 Å². The molecule has 1 atom stereocenters. The maximum absolute atomic E-state index is 13.9. The van der Waals surface area contributed by atoms with Gasteiger partial charge in [-0.1, -0.05) is 5.16 Å². The quantitative estimate of drug-likeness (QED) is 0.330. The topological polar surface area (TPSA) is 160 Å². The lowest BCUT2D eigenvalue weighted by Crippen LogP contribution is -2.61. The van der Waals surface area contributed by atoms with Gasteiger partial charge in [-0.05, 0) is 50.6 Å². The summed E-state index contributed by atoms with van der Waals surface area (Å²) in [6, 6.07) is -0.833. The van der Waals surface area contributed by atoms with Crippen LogP contribution in [-0.2, 0) is 10.2 Å². The number of nitrogens with one attached hydrogen (secondary N) is 2. The standard InChI is InChI=1S/C25H29F5N8O4/c1-13-17(37-42-36-13)19(39)35-18(14-3-5-24(26,27)6-4-14)15-10-38-21(33-15)34-16(9-32-38)23(11-22(2,41)12-23)20(40)31-8-7-25(28,29)30/h9-10,14,18,41H,3-8,11-12H2,1-2H3,(H,31,40)(H,35,39). The number of hydrogen-bond acceptors (Lipinski definition) is 9. The van der Waals surface area contributed by atoms with Gasteiger partial charge in [0, 0.05) is 19.4 Å². The number of carbonyl (C=O) groups is 2. The zero-order valence-electron chi connectivity index (χ0n) is 22.7. The molecular formula is C25H29F5N8O4. The highest BCUT2D eigenvalue weighted by Crippen LogP contribution is 2.50. The number of aryl methyl sites for hydroxylation is 1. The number of carbonyl (C=O) groups excluding carboxylic acids is 2. The second kappa shape index (κ2) is 10.5. The van der Waals surface area contributed by atoms with Crippen molar-refractivity contribution in [3.8, 4) is 0 Å². The summed E-state index contributed by atoms with van der Waals surface area (Å²) in [6.07, 6.45) is -3.66. The molecule has 0 spiro atoms. The van der Waals surface area contributed by atoms with Gasteiger partial charge in [0.25, 0.3) is 11.7 Å². The summed E-state index contributed by atoms with van der Waals surface area (Å²) in [6.45, 7) is 2.38. The molecular weight excluding hydrogens is 571 g/mol. The Morgan fingerprint density at radius 2 is 1.88 bits per heavy atom. The first-order chi connectivity index (χ1) is 19.6. The van der Waals surface area contributed by atoms with Gasteiger partial charge in [0.1, 0.15) is 5.69 Å². The van der Waals surface area contributed by atoms with Gasteiger partial charge in [-0.25, -0.2) is 27.9 Å². The number of fused-ring (bicyclic) bond motifs is 1. The van der Waals surface area contributed by atoms with Gasteiger partial charge < -0.3 is 15.7 Å². The SMILES string of the molecule is Cc1nonc1C(=O)NC(c1cn2ncc(C3(C(=O)NCCC(F)(F)F)CC(C)(O)C3)nc2n1)C1CCC(F)(F)CC1. The van der Waals surface area contributed by atoms with Crippen molar-refractivity contribution in [2.24, 2.45) is 5.92 Å². The molecule has 2 aliphatic rings. The zero-order chi connectivity index (χ0) is 30.5. The van der Waals surface area contributed by atoms with Crippen LogP contribution >= 0.6 is 0 Å². The van der Waals surface area contributed by atoms with Gasteiger partial charge in [-0.15, -0.1) is 0 Å². The number of amides is 2. The van der Waals surface area contributed by atoms with Crippen molar-refractivity contribution in [2.45, 2.75) is 87.9 Å². The summed E-state index contributed by atoms with van der Waals surface area (Å²) >= 11 is 0. The minimum absolute atomic E-state index is 0.0104. The number of aliphatic hydroxyl groups is 1. The number of imidazole rings is 1. The Balaban J connectivity index is 1.44. The molecule has 0 aliphatic heterocycles. The Morgan fingerprint density at radius 1 is 1.19 bits per heavy atom. The van der Waals surface area contributed by atoms with E-state index in [0.29, 0.717) is 0 Å². The molecule has 2 saturated carbocycles. The summed E-state index contributed by atoms with van der Waals surface area (Å²) < 4.78 is 71.7. The average Bonchev–Trinajstić information content (AvgIpc) is 3.50. The predicted molar refractivity (Wildman–Crippen MR) is 132 cm³/mol. The molecule has 3 heterocycles. The van der Waals surface area contributed by atoms with E-state index in [1.165, 1.54) is 30.8 Å². The number of hydrogen-bond donors (Lipinski definition) is 3. The number of halogens is 5. The van der Waals surface area contributed by atoms with Crippen LogP contribution in [0.3, 0.4) is 0 Å². The van der Waals surface area contributed by atoms with Crippen LogP contribution < -0.4 is 10.6 Å². The maximum atomic E-state index is 13.9. The summed E-state index contributed by atoms with van der Waals surface area (Å²) in [5, 5.41) is 27.0. The molecule has 42 heavy (non-hydrogen) atoms. The molecule has 0 saturated heterocycles. The third-order valence-corrected chi connectivity index (χ3v) is 7.90. The largest absolute Gasteiger partial charge is 0.390 e. The minimum Gasteiger partial charge on any atom is -0.390 e. The Bertz CT molecular complexity index is 1470. The van der Waals surface area contributed by atoms with Crippen LogP contribution in [0.25, 0.3) is 5.78 Å². The molecule has 2 amide bonds. The molecule has 1 unspecified atom stereocenters. The summed E-state index contributed by atoms with van der Waals surface area (Å²) in [5.74, 6) is -4.58. The fourth-order valence-corrected chi connectivity index (χ4v) is 5.84. The lowest BCUT2D eigenvalue weighted by atomic mass is 9.57. The van der Waals surface area contributed by atoms with Crippen molar-refractivity contribution in [2.75, 3.05) is 6.54 Å². The maximum Gasteiger partial charge on any atom is 0.390 e. The normalized spacial score (nSPS) is 25.1. The number of nitrogens with zero attached hydrogens (tertiary/aromatic N) is 6. The average molecular weight is 601 g/mol. The number of alkyl halides is 5. The van der Waals surface area contributed by atoms with Crippen LogP contribution in [0.2, 0.25) is 0 Å². The lowest BCUT2D eigenvalue weighted by Gasteiger charge is -2.49. The van der Waals surface area contributed by atoms with E-state index < -0.39 is 59.9 Å². The molecule has 0 radical (unpaired) electrons. The van der Waals surface area contributed by atoms with Crippen molar-refractivity contribution < 1.29 is 41.3 Å². The van der Waals surface area contributed by atoms with Crippen molar-refractivity contribution in [3.05, 3.63) is 35.2 Å². The fraction of sp³-hybridized carbons (Fsp3) is 0.640. The van der Waals surface area contributed by atoms with Crippen molar-refractivity contribution in [1.29, 1.82) is 0 Å². The van der Waals surface area contributed by atoms with Crippen LogP contribution in [0.4, 0.5) is 22.0 Å². The molecule has 0 aromatic carbocycles. The second-order valence-electron chi connectivity index (χ2n) is 11.4. The van der Waals surface area contributed by atoms with Crippen LogP contribution in [0.1, 0.15) is 85.5 Å². The van der Waals surface area contributed by atoms with E-state index in [9.17, 15) is 36.6 Å². The molecule has 3 aromatic heterocycles. The third-order valence-electron chi connectivity index (χ3n) is 7.90. The zero-order valence-corrected chi connectivity index (χ0v) is 22.7. The Hall–Kier alpha value is -3.76. The number of aromatic nitrogens is 6. The molecule has 12 nitrogen and oxygen atoms in total. The summed E-state index contributed by atoms with van der Waals surface area (Å²) in [7, 11) is 0. The van der Waals surface area contributed by atoms with E-state index in [-0.39, 0.29) is 67.1 Å². The van der Waals surface area contributed by atoms with Crippen LogP contribution in [0, 0.1) is 12.8 Å². The van der Waals surface area contributed by atoms with Gasteiger partial charge >= 0.3 is 6.18 Å². The minimum atomic E-state index is -4.46. The highest BCUT2D eigenvalue weighted by atomic mass is 19.4. The van der Waals surface area contributed by atoms with Gasteiger partial charge in [-0.3, -0.25) is 9.59 Å². The van der Waals surface area contributed by atoms with Gasteiger partial charge in [0.15, 0.2) is 5.69 Å². The fourth-order valence-electron chi connectivity index (χ4n) is 5.84. The van der Waals surface area contributed by atoms with Crippen LogP contribution in [0.15, 0.2) is 17.0 Å². The predicted octanol–water partition coefficient (Wildman–Crippen LogP) is 2.96. The van der Waals surface area contributed by atoms with Crippen LogP contribution in [-0.4, -0.2) is 71.1 Å². The Morgan fingerprint density at radius 3 is 2.48 bits per heavy atom. The second-order valence-corrected chi connectivity index (χ2v) is 11.4. The van der Waals surface area contributed by atoms with Crippen molar-refractivity contribution in [1.82, 2.24) is 40.5 Å². The molecule has 3 N–H and O–H groups in total. The van der Waals surface area contributed by atoms with E-state index in [4.69, 9.17) is 0 Å². The monoisotopic (exact) mass is 600 g/mol. The smallest absolute Gasteiger partial charge is 0.390 e. The van der Waals surface area contributed by atoms with Crippen LogP contribution in [0.5, 0.6) is 0 Å². The van der Waals surface area contributed by atoms with E-state index >= 15 is 0 Å². The van der Waals surface area contributed by atoms with Crippen molar-refractivity contribution >= 4 is 17.6 Å². The molecule has 2 fully saturated rings. The summed E-state index contributed by atoms with van der Waals surface area (Å²) in [4.78, 5) is 35.0. The van der Waals surface area contributed by atoms with Gasteiger partial charge in [0.2, 0.25) is 11.8 Å². The first-order valence-electron chi connectivity index (χ1n) is 13.4.